The highest BCUT2D eigenvalue weighted by Crippen LogP contribution is 2.19. The van der Waals surface area contributed by atoms with E-state index in [1.165, 1.54) is 7.11 Å². The van der Waals surface area contributed by atoms with Crippen LogP contribution in [0.2, 0.25) is 0 Å². The standard InChI is InChI=1S/C14H14O4/c1-17-12-9-13(15)18-11(14(12)16)8-7-10-5-3-2-4-6-10/h2-9,11,14,16H,1H3/b8-7+. The van der Waals surface area contributed by atoms with Crippen LogP contribution in [-0.4, -0.2) is 30.4 Å². The van der Waals surface area contributed by atoms with Crippen LogP contribution < -0.4 is 0 Å². The molecule has 2 unspecified atom stereocenters. The van der Waals surface area contributed by atoms with Crippen molar-refractivity contribution in [1.82, 2.24) is 0 Å². The number of hydrogen-bond acceptors (Lipinski definition) is 4. The summed E-state index contributed by atoms with van der Waals surface area (Å²) >= 11 is 0. The van der Waals surface area contributed by atoms with Crippen LogP contribution in [0.15, 0.2) is 48.2 Å². The lowest BCUT2D eigenvalue weighted by atomic mass is 10.1. The molecule has 18 heavy (non-hydrogen) atoms. The second kappa shape index (κ2) is 5.51. The fourth-order valence-electron chi connectivity index (χ4n) is 1.69. The lowest BCUT2D eigenvalue weighted by Gasteiger charge is -2.25. The minimum Gasteiger partial charge on any atom is -0.498 e. The van der Waals surface area contributed by atoms with Gasteiger partial charge in [0.15, 0.2) is 12.2 Å². The molecule has 0 saturated carbocycles. The number of methoxy groups -OCH3 is 1. The molecule has 4 nitrogen and oxygen atoms in total. The van der Waals surface area contributed by atoms with E-state index in [0.717, 1.165) is 11.6 Å². The number of rotatable bonds is 3. The van der Waals surface area contributed by atoms with Gasteiger partial charge in [-0.3, -0.25) is 0 Å². The number of aliphatic hydroxyl groups excluding tert-OH is 1. The summed E-state index contributed by atoms with van der Waals surface area (Å²) in [5.74, 6) is -0.297. The molecule has 1 aromatic rings. The number of ether oxygens (including phenoxy) is 2. The zero-order chi connectivity index (χ0) is 13.0. The summed E-state index contributed by atoms with van der Waals surface area (Å²) in [6.07, 6.45) is 2.90. The van der Waals surface area contributed by atoms with Gasteiger partial charge in [-0.1, -0.05) is 36.4 Å². The number of benzene rings is 1. The van der Waals surface area contributed by atoms with E-state index in [0.29, 0.717) is 0 Å². The van der Waals surface area contributed by atoms with E-state index in [4.69, 9.17) is 9.47 Å². The molecular formula is C14H14O4. The molecule has 0 amide bonds. The predicted octanol–water partition coefficient (Wildman–Crippen LogP) is 1.52. The molecule has 94 valence electrons. The average Bonchev–Trinajstić information content (AvgIpc) is 2.40. The molecule has 2 atom stereocenters. The zero-order valence-corrected chi connectivity index (χ0v) is 9.95. The first-order valence-electron chi connectivity index (χ1n) is 5.58. The molecule has 1 aliphatic rings. The van der Waals surface area contributed by atoms with Gasteiger partial charge < -0.3 is 14.6 Å². The summed E-state index contributed by atoms with van der Waals surface area (Å²) in [6.45, 7) is 0. The van der Waals surface area contributed by atoms with Gasteiger partial charge in [-0.15, -0.1) is 0 Å². The molecule has 0 aromatic heterocycles. The fourth-order valence-corrected chi connectivity index (χ4v) is 1.69. The van der Waals surface area contributed by atoms with Crippen molar-refractivity contribution in [3.05, 3.63) is 53.8 Å². The Kier molecular flexibility index (Phi) is 3.79. The molecule has 1 heterocycles. The quantitative estimate of drug-likeness (QED) is 0.821. The van der Waals surface area contributed by atoms with Crippen molar-refractivity contribution in [3.63, 3.8) is 0 Å². The number of aliphatic hydroxyl groups is 1. The van der Waals surface area contributed by atoms with E-state index < -0.39 is 18.2 Å². The summed E-state index contributed by atoms with van der Waals surface area (Å²) < 4.78 is 9.95. The molecule has 0 radical (unpaired) electrons. The number of carbonyl (C=O) groups is 1. The highest BCUT2D eigenvalue weighted by molar-refractivity contribution is 5.84. The molecule has 1 aliphatic heterocycles. The summed E-state index contributed by atoms with van der Waals surface area (Å²) in [4.78, 5) is 11.3. The first-order valence-corrected chi connectivity index (χ1v) is 5.58. The maximum atomic E-state index is 11.3. The van der Waals surface area contributed by atoms with Crippen LogP contribution in [0.5, 0.6) is 0 Å². The summed E-state index contributed by atoms with van der Waals surface area (Å²) in [7, 11) is 1.41. The van der Waals surface area contributed by atoms with Crippen LogP contribution in [-0.2, 0) is 14.3 Å². The molecule has 1 aromatic carbocycles. The number of hydrogen-bond donors (Lipinski definition) is 1. The second-order valence-corrected chi connectivity index (χ2v) is 3.87. The lowest BCUT2D eigenvalue weighted by molar-refractivity contribution is -0.148. The van der Waals surface area contributed by atoms with Crippen molar-refractivity contribution in [3.8, 4) is 0 Å². The van der Waals surface area contributed by atoms with Crippen molar-refractivity contribution in [2.45, 2.75) is 12.2 Å². The minimum atomic E-state index is -0.965. The molecule has 0 saturated heterocycles. The van der Waals surface area contributed by atoms with Gasteiger partial charge in [0.1, 0.15) is 5.76 Å². The molecular weight excluding hydrogens is 232 g/mol. The molecule has 2 rings (SSSR count). The molecule has 0 fully saturated rings. The van der Waals surface area contributed by atoms with Crippen molar-refractivity contribution in [2.24, 2.45) is 0 Å². The third kappa shape index (κ3) is 2.78. The lowest BCUT2D eigenvalue weighted by Crippen LogP contribution is -2.35. The van der Waals surface area contributed by atoms with E-state index in [1.807, 2.05) is 30.3 Å². The maximum absolute atomic E-state index is 11.3. The third-order valence-electron chi connectivity index (χ3n) is 2.63. The van der Waals surface area contributed by atoms with E-state index in [2.05, 4.69) is 0 Å². The predicted molar refractivity (Wildman–Crippen MR) is 66.5 cm³/mol. The van der Waals surface area contributed by atoms with Crippen molar-refractivity contribution in [1.29, 1.82) is 0 Å². The largest absolute Gasteiger partial charge is 0.498 e. The number of esters is 1. The van der Waals surface area contributed by atoms with Crippen LogP contribution >= 0.6 is 0 Å². The third-order valence-corrected chi connectivity index (χ3v) is 2.63. The highest BCUT2D eigenvalue weighted by Gasteiger charge is 2.30. The van der Waals surface area contributed by atoms with Crippen LogP contribution in [0.1, 0.15) is 5.56 Å². The van der Waals surface area contributed by atoms with Crippen molar-refractivity contribution >= 4 is 12.0 Å². The Labute approximate surface area is 105 Å². The van der Waals surface area contributed by atoms with Gasteiger partial charge in [-0.2, -0.15) is 0 Å². The number of cyclic esters (lactones) is 1. The van der Waals surface area contributed by atoms with E-state index in [-0.39, 0.29) is 5.76 Å². The van der Waals surface area contributed by atoms with Crippen LogP contribution in [0.4, 0.5) is 0 Å². The Bertz CT molecular complexity index is 476. The van der Waals surface area contributed by atoms with Crippen LogP contribution in [0, 0.1) is 0 Å². The van der Waals surface area contributed by atoms with Gasteiger partial charge in [0, 0.05) is 0 Å². The Morgan fingerprint density at radius 1 is 1.33 bits per heavy atom. The van der Waals surface area contributed by atoms with Gasteiger partial charge in [-0.25, -0.2) is 4.79 Å². The Balaban J connectivity index is 2.13. The Hall–Kier alpha value is -2.07. The van der Waals surface area contributed by atoms with E-state index >= 15 is 0 Å². The smallest absolute Gasteiger partial charge is 0.334 e. The number of carbonyl (C=O) groups excluding carboxylic acids is 1. The maximum Gasteiger partial charge on any atom is 0.334 e. The molecule has 1 N–H and O–H groups in total. The van der Waals surface area contributed by atoms with Crippen LogP contribution in [0.25, 0.3) is 6.08 Å². The van der Waals surface area contributed by atoms with Crippen molar-refractivity contribution in [2.75, 3.05) is 7.11 Å². The molecule has 0 spiro atoms. The second-order valence-electron chi connectivity index (χ2n) is 3.87. The van der Waals surface area contributed by atoms with Gasteiger partial charge >= 0.3 is 5.97 Å². The monoisotopic (exact) mass is 246 g/mol. The first kappa shape index (κ1) is 12.4. The minimum absolute atomic E-state index is 0.217. The average molecular weight is 246 g/mol. The molecule has 0 aliphatic carbocycles. The summed E-state index contributed by atoms with van der Waals surface area (Å²) in [5, 5.41) is 9.90. The van der Waals surface area contributed by atoms with Crippen LogP contribution in [0.3, 0.4) is 0 Å². The normalized spacial score (nSPS) is 23.7. The zero-order valence-electron chi connectivity index (χ0n) is 9.95. The van der Waals surface area contributed by atoms with Gasteiger partial charge in [0.05, 0.1) is 13.2 Å². The van der Waals surface area contributed by atoms with E-state index in [1.54, 1.807) is 12.2 Å². The fraction of sp³-hybridized carbons (Fsp3) is 0.214. The Morgan fingerprint density at radius 2 is 2.06 bits per heavy atom. The van der Waals surface area contributed by atoms with E-state index in [9.17, 15) is 9.90 Å². The summed E-state index contributed by atoms with van der Waals surface area (Å²) in [6, 6.07) is 9.56. The van der Waals surface area contributed by atoms with Gasteiger partial charge in [0.25, 0.3) is 0 Å². The molecule has 4 heteroatoms. The molecule has 0 bridgehead atoms. The highest BCUT2D eigenvalue weighted by atomic mass is 16.6. The van der Waals surface area contributed by atoms with Gasteiger partial charge in [0.2, 0.25) is 0 Å². The summed E-state index contributed by atoms with van der Waals surface area (Å²) in [5.41, 5.74) is 0.967. The van der Waals surface area contributed by atoms with Gasteiger partial charge in [-0.05, 0) is 11.6 Å². The first-order chi connectivity index (χ1) is 8.70. The topological polar surface area (TPSA) is 55.8 Å². The Morgan fingerprint density at radius 3 is 2.72 bits per heavy atom. The van der Waals surface area contributed by atoms with Crippen molar-refractivity contribution < 1.29 is 19.4 Å². The SMILES string of the molecule is COC1=CC(=O)OC(/C=C/c2ccccc2)C1O.